The van der Waals surface area contributed by atoms with Crippen LogP contribution in [-0.2, 0) is 11.3 Å². The number of furan rings is 1. The van der Waals surface area contributed by atoms with Crippen LogP contribution in [-0.4, -0.2) is 28.6 Å². The standard InChI is InChI=1S/C15H17NO3/c17-15(18)13-3-1-2-7-16(13)10-11-4-5-14-12(9-11)6-8-19-14/h4-6,8-9,13H,1-3,7,10H2,(H,17,18)/t13-/m0/s1. The van der Waals surface area contributed by atoms with Gasteiger partial charge < -0.3 is 9.52 Å². The minimum Gasteiger partial charge on any atom is -0.480 e. The van der Waals surface area contributed by atoms with Crippen molar-refractivity contribution in [3.8, 4) is 0 Å². The van der Waals surface area contributed by atoms with Crippen LogP contribution in [0.2, 0.25) is 0 Å². The van der Waals surface area contributed by atoms with Gasteiger partial charge in [0.05, 0.1) is 6.26 Å². The number of hydrogen-bond donors (Lipinski definition) is 1. The summed E-state index contributed by atoms with van der Waals surface area (Å²) >= 11 is 0. The van der Waals surface area contributed by atoms with E-state index < -0.39 is 5.97 Å². The van der Waals surface area contributed by atoms with Crippen LogP contribution in [0.4, 0.5) is 0 Å². The minimum atomic E-state index is -0.705. The molecular weight excluding hydrogens is 242 g/mol. The molecule has 1 aromatic carbocycles. The summed E-state index contributed by atoms with van der Waals surface area (Å²) in [5.41, 5.74) is 2.01. The van der Waals surface area contributed by atoms with E-state index in [9.17, 15) is 9.90 Å². The van der Waals surface area contributed by atoms with Gasteiger partial charge in [0, 0.05) is 11.9 Å². The maximum atomic E-state index is 11.3. The molecule has 1 aliphatic rings. The van der Waals surface area contributed by atoms with Gasteiger partial charge in [-0.25, -0.2) is 0 Å². The molecule has 2 aromatic rings. The first-order valence-electron chi connectivity index (χ1n) is 6.67. The summed E-state index contributed by atoms with van der Waals surface area (Å²) < 4.78 is 5.31. The summed E-state index contributed by atoms with van der Waals surface area (Å²) in [6, 6.07) is 7.63. The molecule has 1 N–H and O–H groups in total. The van der Waals surface area contributed by atoms with E-state index in [-0.39, 0.29) is 6.04 Å². The molecule has 0 aliphatic carbocycles. The zero-order valence-corrected chi connectivity index (χ0v) is 10.7. The van der Waals surface area contributed by atoms with Gasteiger partial charge in [0.1, 0.15) is 11.6 Å². The quantitative estimate of drug-likeness (QED) is 0.920. The molecule has 1 atom stereocenters. The number of hydrogen-bond acceptors (Lipinski definition) is 3. The predicted molar refractivity (Wildman–Crippen MR) is 71.9 cm³/mol. The Labute approximate surface area is 111 Å². The zero-order chi connectivity index (χ0) is 13.2. The lowest BCUT2D eigenvalue weighted by molar-refractivity contribution is -0.144. The third-order valence-electron chi connectivity index (χ3n) is 3.80. The van der Waals surface area contributed by atoms with E-state index in [0.29, 0.717) is 6.54 Å². The van der Waals surface area contributed by atoms with Crippen LogP contribution in [0.15, 0.2) is 34.9 Å². The Morgan fingerprint density at radius 2 is 2.26 bits per heavy atom. The average molecular weight is 259 g/mol. The summed E-state index contributed by atoms with van der Waals surface area (Å²) in [4.78, 5) is 13.3. The minimum absolute atomic E-state index is 0.339. The number of benzene rings is 1. The molecule has 1 fully saturated rings. The van der Waals surface area contributed by atoms with Crippen molar-refractivity contribution in [2.75, 3.05) is 6.54 Å². The van der Waals surface area contributed by atoms with E-state index in [2.05, 4.69) is 11.0 Å². The molecule has 19 heavy (non-hydrogen) atoms. The fraction of sp³-hybridized carbons (Fsp3) is 0.400. The van der Waals surface area contributed by atoms with Gasteiger partial charge >= 0.3 is 5.97 Å². The van der Waals surface area contributed by atoms with E-state index >= 15 is 0 Å². The maximum absolute atomic E-state index is 11.3. The second-order valence-electron chi connectivity index (χ2n) is 5.11. The summed E-state index contributed by atoms with van der Waals surface area (Å²) in [6.45, 7) is 1.55. The van der Waals surface area contributed by atoms with Crippen molar-refractivity contribution in [2.45, 2.75) is 31.8 Å². The number of rotatable bonds is 3. The second kappa shape index (κ2) is 5.05. The van der Waals surface area contributed by atoms with E-state index in [1.807, 2.05) is 18.2 Å². The molecule has 0 saturated carbocycles. The Balaban J connectivity index is 1.80. The van der Waals surface area contributed by atoms with Crippen molar-refractivity contribution in [3.05, 3.63) is 36.1 Å². The van der Waals surface area contributed by atoms with Gasteiger partial charge in [-0.05, 0) is 43.1 Å². The molecule has 0 amide bonds. The largest absolute Gasteiger partial charge is 0.480 e. The molecular formula is C15H17NO3. The lowest BCUT2D eigenvalue weighted by Crippen LogP contribution is -2.43. The monoisotopic (exact) mass is 259 g/mol. The van der Waals surface area contributed by atoms with E-state index in [1.165, 1.54) is 0 Å². The molecule has 3 rings (SSSR count). The summed E-state index contributed by atoms with van der Waals surface area (Å²) in [5.74, 6) is -0.705. The number of carboxylic acids is 1. The van der Waals surface area contributed by atoms with Crippen molar-refractivity contribution < 1.29 is 14.3 Å². The van der Waals surface area contributed by atoms with Crippen LogP contribution in [0.3, 0.4) is 0 Å². The first-order valence-corrected chi connectivity index (χ1v) is 6.67. The number of aliphatic carboxylic acids is 1. The van der Waals surface area contributed by atoms with Crippen LogP contribution in [0.1, 0.15) is 24.8 Å². The third-order valence-corrected chi connectivity index (χ3v) is 3.80. The number of likely N-dealkylation sites (tertiary alicyclic amines) is 1. The van der Waals surface area contributed by atoms with Crippen LogP contribution < -0.4 is 0 Å². The lowest BCUT2D eigenvalue weighted by Gasteiger charge is -2.32. The number of fused-ring (bicyclic) bond motifs is 1. The zero-order valence-electron chi connectivity index (χ0n) is 10.7. The van der Waals surface area contributed by atoms with Crippen molar-refractivity contribution >= 4 is 16.9 Å². The van der Waals surface area contributed by atoms with E-state index in [1.54, 1.807) is 6.26 Å². The topological polar surface area (TPSA) is 53.7 Å². The first-order chi connectivity index (χ1) is 9.24. The smallest absolute Gasteiger partial charge is 0.320 e. The van der Waals surface area contributed by atoms with Gasteiger partial charge in [-0.15, -0.1) is 0 Å². The fourth-order valence-electron chi connectivity index (χ4n) is 2.81. The van der Waals surface area contributed by atoms with Gasteiger partial charge in [-0.3, -0.25) is 9.69 Å². The third kappa shape index (κ3) is 2.49. The molecule has 2 heterocycles. The van der Waals surface area contributed by atoms with Gasteiger partial charge in [0.15, 0.2) is 0 Å². The highest BCUT2D eigenvalue weighted by Crippen LogP contribution is 2.22. The SMILES string of the molecule is O=C(O)[C@@H]1CCCCN1Cc1ccc2occc2c1. The highest BCUT2D eigenvalue weighted by Gasteiger charge is 2.28. The maximum Gasteiger partial charge on any atom is 0.320 e. The first kappa shape index (κ1) is 12.2. The average Bonchev–Trinajstić information content (AvgIpc) is 2.86. The van der Waals surface area contributed by atoms with Crippen LogP contribution in [0, 0.1) is 0 Å². The Morgan fingerprint density at radius 1 is 1.37 bits per heavy atom. The molecule has 0 spiro atoms. The molecule has 1 aromatic heterocycles. The Morgan fingerprint density at radius 3 is 3.11 bits per heavy atom. The summed E-state index contributed by atoms with van der Waals surface area (Å²) in [6.07, 6.45) is 4.52. The number of carbonyl (C=O) groups is 1. The van der Waals surface area contributed by atoms with E-state index in [0.717, 1.165) is 42.3 Å². The van der Waals surface area contributed by atoms with Crippen molar-refractivity contribution in [1.82, 2.24) is 4.90 Å². The Hall–Kier alpha value is -1.81. The van der Waals surface area contributed by atoms with Crippen LogP contribution in [0.25, 0.3) is 11.0 Å². The Kier molecular flexibility index (Phi) is 3.25. The molecule has 4 nitrogen and oxygen atoms in total. The molecule has 0 radical (unpaired) electrons. The van der Waals surface area contributed by atoms with Gasteiger partial charge in [0.25, 0.3) is 0 Å². The highest BCUT2D eigenvalue weighted by molar-refractivity contribution is 5.77. The van der Waals surface area contributed by atoms with Crippen LogP contribution in [0.5, 0.6) is 0 Å². The highest BCUT2D eigenvalue weighted by atomic mass is 16.4. The van der Waals surface area contributed by atoms with Crippen LogP contribution >= 0.6 is 0 Å². The molecule has 0 unspecified atom stereocenters. The summed E-state index contributed by atoms with van der Waals surface area (Å²) in [5, 5.41) is 10.3. The molecule has 1 aliphatic heterocycles. The van der Waals surface area contributed by atoms with E-state index in [4.69, 9.17) is 4.42 Å². The number of piperidine rings is 1. The van der Waals surface area contributed by atoms with Crippen molar-refractivity contribution in [1.29, 1.82) is 0 Å². The molecule has 0 bridgehead atoms. The molecule has 4 heteroatoms. The fourth-order valence-corrected chi connectivity index (χ4v) is 2.81. The van der Waals surface area contributed by atoms with Gasteiger partial charge in [-0.1, -0.05) is 12.5 Å². The number of carboxylic acid groups (broad SMARTS) is 1. The van der Waals surface area contributed by atoms with Crippen molar-refractivity contribution in [2.24, 2.45) is 0 Å². The second-order valence-corrected chi connectivity index (χ2v) is 5.11. The summed E-state index contributed by atoms with van der Waals surface area (Å²) in [7, 11) is 0. The molecule has 100 valence electrons. The number of nitrogens with zero attached hydrogens (tertiary/aromatic N) is 1. The van der Waals surface area contributed by atoms with Gasteiger partial charge in [-0.2, -0.15) is 0 Å². The van der Waals surface area contributed by atoms with Crippen molar-refractivity contribution in [3.63, 3.8) is 0 Å². The van der Waals surface area contributed by atoms with Gasteiger partial charge in [0.2, 0.25) is 0 Å². The predicted octanol–water partition coefficient (Wildman–Crippen LogP) is 2.87. The lowest BCUT2D eigenvalue weighted by atomic mass is 10.0. The normalized spacial score (nSPS) is 20.7. The molecule has 1 saturated heterocycles. The Bertz CT molecular complexity index is 590.